The highest BCUT2D eigenvalue weighted by atomic mass is 16.1. The molecule has 0 bridgehead atoms. The molecular formula is C11H13N3O. The van der Waals surface area contributed by atoms with Crippen molar-refractivity contribution in [3.8, 4) is 0 Å². The molecule has 78 valence electrons. The van der Waals surface area contributed by atoms with Crippen LogP contribution in [0.4, 0.5) is 0 Å². The summed E-state index contributed by atoms with van der Waals surface area (Å²) in [5, 5.41) is 0. The number of nitrogens with one attached hydrogen (secondary N) is 1. The topological polar surface area (TPSA) is 71.8 Å². The van der Waals surface area contributed by atoms with E-state index in [-0.39, 0.29) is 5.91 Å². The molecule has 0 aliphatic carbocycles. The molecule has 1 aromatic heterocycles. The largest absolute Gasteiger partial charge is 0.370 e. The van der Waals surface area contributed by atoms with Crippen LogP contribution in [0.1, 0.15) is 18.7 Å². The number of benzene rings is 1. The van der Waals surface area contributed by atoms with Gasteiger partial charge in [-0.05, 0) is 18.6 Å². The number of fused-ring (bicyclic) bond motifs is 1. The number of carbonyl (C=O) groups is 1. The molecule has 0 atom stereocenters. The normalized spacial score (nSPS) is 10.7. The summed E-state index contributed by atoms with van der Waals surface area (Å²) < 4.78 is 0. The summed E-state index contributed by atoms with van der Waals surface area (Å²) in [6.45, 7) is 0. The Morgan fingerprint density at radius 3 is 2.93 bits per heavy atom. The number of aryl methyl sites for hydroxylation is 1. The van der Waals surface area contributed by atoms with E-state index in [4.69, 9.17) is 5.73 Å². The van der Waals surface area contributed by atoms with Gasteiger partial charge in [-0.1, -0.05) is 12.1 Å². The maximum Gasteiger partial charge on any atom is 0.217 e. The molecular weight excluding hydrogens is 190 g/mol. The smallest absolute Gasteiger partial charge is 0.217 e. The maximum atomic E-state index is 10.6. The van der Waals surface area contributed by atoms with Crippen molar-refractivity contribution < 1.29 is 4.79 Å². The van der Waals surface area contributed by atoms with Gasteiger partial charge in [-0.3, -0.25) is 4.79 Å². The summed E-state index contributed by atoms with van der Waals surface area (Å²) in [7, 11) is 0. The van der Waals surface area contributed by atoms with Gasteiger partial charge < -0.3 is 10.7 Å². The third kappa shape index (κ3) is 2.34. The number of aromatic nitrogens is 2. The Balaban J connectivity index is 2.05. The molecule has 0 saturated carbocycles. The summed E-state index contributed by atoms with van der Waals surface area (Å²) in [6, 6.07) is 7.87. The highest BCUT2D eigenvalue weighted by molar-refractivity contribution is 5.75. The standard InChI is InChI=1S/C11H13N3O/c12-10(15)6-3-7-11-13-8-4-1-2-5-9(8)14-11/h1-2,4-5H,3,6-7H2,(H2,12,15)(H,13,14). The summed E-state index contributed by atoms with van der Waals surface area (Å²) >= 11 is 0. The van der Waals surface area contributed by atoms with Crippen molar-refractivity contribution in [3.05, 3.63) is 30.1 Å². The molecule has 15 heavy (non-hydrogen) atoms. The number of primary amides is 1. The molecule has 1 heterocycles. The van der Waals surface area contributed by atoms with E-state index in [1.165, 1.54) is 0 Å². The van der Waals surface area contributed by atoms with Gasteiger partial charge >= 0.3 is 0 Å². The zero-order valence-electron chi connectivity index (χ0n) is 8.36. The Hall–Kier alpha value is -1.84. The van der Waals surface area contributed by atoms with E-state index in [9.17, 15) is 4.79 Å². The molecule has 4 heteroatoms. The number of aromatic amines is 1. The van der Waals surface area contributed by atoms with Crippen molar-refractivity contribution >= 4 is 16.9 Å². The average Bonchev–Trinajstić information content (AvgIpc) is 2.59. The van der Waals surface area contributed by atoms with E-state index in [0.29, 0.717) is 6.42 Å². The first-order valence-corrected chi connectivity index (χ1v) is 4.97. The van der Waals surface area contributed by atoms with Crippen LogP contribution in [0.2, 0.25) is 0 Å². The molecule has 2 aromatic rings. The highest BCUT2D eigenvalue weighted by Gasteiger charge is 2.02. The van der Waals surface area contributed by atoms with E-state index in [1.807, 2.05) is 24.3 Å². The minimum Gasteiger partial charge on any atom is -0.370 e. The fraction of sp³-hybridized carbons (Fsp3) is 0.273. The van der Waals surface area contributed by atoms with Gasteiger partial charge in [0, 0.05) is 12.8 Å². The van der Waals surface area contributed by atoms with Crippen molar-refractivity contribution in [3.63, 3.8) is 0 Å². The van der Waals surface area contributed by atoms with Gasteiger partial charge in [0.2, 0.25) is 5.91 Å². The average molecular weight is 203 g/mol. The molecule has 0 radical (unpaired) electrons. The van der Waals surface area contributed by atoms with Crippen LogP contribution in [0.3, 0.4) is 0 Å². The number of hydrogen-bond donors (Lipinski definition) is 2. The lowest BCUT2D eigenvalue weighted by Gasteiger charge is -1.93. The van der Waals surface area contributed by atoms with Gasteiger partial charge in [0.1, 0.15) is 5.82 Å². The summed E-state index contributed by atoms with van der Waals surface area (Å²) in [4.78, 5) is 18.2. The fourth-order valence-corrected chi connectivity index (χ4v) is 1.55. The molecule has 3 N–H and O–H groups in total. The minimum atomic E-state index is -0.258. The van der Waals surface area contributed by atoms with Crippen LogP contribution >= 0.6 is 0 Å². The lowest BCUT2D eigenvalue weighted by molar-refractivity contribution is -0.118. The molecule has 0 aliphatic rings. The number of H-pyrrole nitrogens is 1. The van der Waals surface area contributed by atoms with E-state index in [0.717, 1.165) is 29.7 Å². The molecule has 4 nitrogen and oxygen atoms in total. The zero-order valence-corrected chi connectivity index (χ0v) is 8.36. The molecule has 0 fully saturated rings. The predicted molar refractivity (Wildman–Crippen MR) is 58.2 cm³/mol. The molecule has 0 unspecified atom stereocenters. The number of amides is 1. The summed E-state index contributed by atoms with van der Waals surface area (Å²) in [6.07, 6.45) is 1.92. The number of imidazole rings is 1. The van der Waals surface area contributed by atoms with E-state index < -0.39 is 0 Å². The maximum absolute atomic E-state index is 10.6. The summed E-state index contributed by atoms with van der Waals surface area (Å²) in [5.74, 6) is 0.656. The van der Waals surface area contributed by atoms with E-state index in [2.05, 4.69) is 9.97 Å². The second-order valence-corrected chi connectivity index (χ2v) is 3.52. The van der Waals surface area contributed by atoms with E-state index in [1.54, 1.807) is 0 Å². The Morgan fingerprint density at radius 1 is 1.40 bits per heavy atom. The number of nitrogens with two attached hydrogens (primary N) is 1. The SMILES string of the molecule is NC(=O)CCCc1nc2ccccc2[nH]1. The van der Waals surface area contributed by atoms with Crippen LogP contribution in [0.25, 0.3) is 11.0 Å². The number of rotatable bonds is 4. The number of para-hydroxylation sites is 2. The quantitative estimate of drug-likeness (QED) is 0.787. The van der Waals surface area contributed by atoms with Crippen LogP contribution < -0.4 is 5.73 Å². The first-order valence-electron chi connectivity index (χ1n) is 4.97. The Kier molecular flexibility index (Phi) is 2.67. The number of carbonyl (C=O) groups excluding carboxylic acids is 1. The molecule has 1 aromatic carbocycles. The minimum absolute atomic E-state index is 0.258. The van der Waals surface area contributed by atoms with Gasteiger partial charge in [0.15, 0.2) is 0 Å². The monoisotopic (exact) mass is 203 g/mol. The fourth-order valence-electron chi connectivity index (χ4n) is 1.55. The third-order valence-electron chi connectivity index (χ3n) is 2.28. The van der Waals surface area contributed by atoms with Crippen molar-refractivity contribution in [2.45, 2.75) is 19.3 Å². The highest BCUT2D eigenvalue weighted by Crippen LogP contribution is 2.11. The molecule has 0 aliphatic heterocycles. The lowest BCUT2D eigenvalue weighted by Crippen LogP contribution is -2.10. The molecule has 0 spiro atoms. The van der Waals surface area contributed by atoms with Crippen molar-refractivity contribution in [2.24, 2.45) is 5.73 Å². The van der Waals surface area contributed by atoms with Crippen LogP contribution in [-0.2, 0) is 11.2 Å². The zero-order chi connectivity index (χ0) is 10.7. The van der Waals surface area contributed by atoms with Crippen LogP contribution in [0.5, 0.6) is 0 Å². The van der Waals surface area contributed by atoms with Crippen LogP contribution in [0, 0.1) is 0 Å². The van der Waals surface area contributed by atoms with Crippen molar-refractivity contribution in [1.82, 2.24) is 9.97 Å². The first kappa shape index (κ1) is 9.71. The Labute approximate surface area is 87.5 Å². The second kappa shape index (κ2) is 4.13. The number of nitrogens with zero attached hydrogens (tertiary/aromatic N) is 1. The predicted octanol–water partition coefficient (Wildman–Crippen LogP) is 1.37. The van der Waals surface area contributed by atoms with Gasteiger partial charge in [0.25, 0.3) is 0 Å². The first-order chi connectivity index (χ1) is 7.25. The number of hydrogen-bond acceptors (Lipinski definition) is 2. The van der Waals surface area contributed by atoms with Crippen molar-refractivity contribution in [1.29, 1.82) is 0 Å². The second-order valence-electron chi connectivity index (χ2n) is 3.52. The van der Waals surface area contributed by atoms with Gasteiger partial charge in [-0.25, -0.2) is 4.98 Å². The molecule has 2 rings (SSSR count). The van der Waals surface area contributed by atoms with Gasteiger partial charge in [-0.15, -0.1) is 0 Å². The Bertz CT molecular complexity index is 442. The van der Waals surface area contributed by atoms with Crippen molar-refractivity contribution in [2.75, 3.05) is 0 Å². The van der Waals surface area contributed by atoms with Crippen LogP contribution in [-0.4, -0.2) is 15.9 Å². The lowest BCUT2D eigenvalue weighted by atomic mass is 10.2. The molecule has 0 saturated heterocycles. The van der Waals surface area contributed by atoms with Gasteiger partial charge in [-0.2, -0.15) is 0 Å². The third-order valence-corrected chi connectivity index (χ3v) is 2.28. The Morgan fingerprint density at radius 2 is 2.20 bits per heavy atom. The van der Waals surface area contributed by atoms with Gasteiger partial charge in [0.05, 0.1) is 11.0 Å². The van der Waals surface area contributed by atoms with Crippen LogP contribution in [0.15, 0.2) is 24.3 Å². The summed E-state index contributed by atoms with van der Waals surface area (Å²) in [5.41, 5.74) is 7.06. The van der Waals surface area contributed by atoms with E-state index >= 15 is 0 Å². The molecule has 1 amide bonds.